The van der Waals surface area contributed by atoms with Gasteiger partial charge in [0.25, 0.3) is 0 Å². The van der Waals surface area contributed by atoms with Crippen LogP contribution in [0.2, 0.25) is 0 Å². The van der Waals surface area contributed by atoms with Crippen LogP contribution in [0.3, 0.4) is 0 Å². The van der Waals surface area contributed by atoms with E-state index < -0.39 is 0 Å². The van der Waals surface area contributed by atoms with Crippen molar-refractivity contribution in [2.24, 2.45) is 23.0 Å². The fourth-order valence-corrected chi connectivity index (χ4v) is 6.45. The number of ether oxygens (including phenoxy) is 2. The monoisotopic (exact) mass is 435 g/mol. The Hall–Kier alpha value is -3.23. The molecule has 5 heterocycles. The molecule has 2 aliphatic carbocycles. The SMILES string of the molecule is CO/C1=C/C(=C\N)Nc2ncc3c(n2)N(C)[C@H](CO3)C2CC3(CC1C(c1cnc[nH]1)C3)C2. The van der Waals surface area contributed by atoms with E-state index in [4.69, 9.17) is 20.2 Å². The summed E-state index contributed by atoms with van der Waals surface area (Å²) >= 11 is 0. The molecule has 2 fully saturated rings. The van der Waals surface area contributed by atoms with Crippen molar-refractivity contribution in [3.8, 4) is 5.75 Å². The lowest BCUT2D eigenvalue weighted by atomic mass is 9.58. The third-order valence-electron chi connectivity index (χ3n) is 7.96. The van der Waals surface area contributed by atoms with Crippen LogP contribution in [0.25, 0.3) is 0 Å². The van der Waals surface area contributed by atoms with Crippen LogP contribution in [0, 0.1) is 17.3 Å². The summed E-state index contributed by atoms with van der Waals surface area (Å²) in [5.41, 5.74) is 8.16. The van der Waals surface area contributed by atoms with Gasteiger partial charge in [0.1, 0.15) is 12.4 Å². The number of methoxy groups -OCH3 is 1. The summed E-state index contributed by atoms with van der Waals surface area (Å²) in [6.45, 7) is 0.672. The van der Waals surface area contributed by atoms with Crippen LogP contribution >= 0.6 is 0 Å². The number of allylic oxidation sites excluding steroid dienone is 2. The van der Waals surface area contributed by atoms with Gasteiger partial charge in [-0.3, -0.25) is 0 Å². The first-order valence-corrected chi connectivity index (χ1v) is 11.2. The third kappa shape index (κ3) is 2.94. The number of fused-ring (bicyclic) bond motifs is 2. The Morgan fingerprint density at radius 1 is 1.25 bits per heavy atom. The molecule has 3 aliphatic heterocycles. The highest BCUT2D eigenvalue weighted by Gasteiger charge is 2.56. The van der Waals surface area contributed by atoms with Crippen molar-refractivity contribution in [3.63, 3.8) is 0 Å². The van der Waals surface area contributed by atoms with E-state index in [1.807, 2.05) is 12.3 Å². The number of nitrogens with zero attached hydrogens (tertiary/aromatic N) is 4. The second-order valence-electron chi connectivity index (χ2n) is 9.67. The van der Waals surface area contributed by atoms with E-state index in [0.717, 1.165) is 30.2 Å². The van der Waals surface area contributed by atoms with Gasteiger partial charge >= 0.3 is 0 Å². The number of rotatable bonds is 2. The molecule has 1 spiro atoms. The zero-order valence-corrected chi connectivity index (χ0v) is 18.4. The Kier molecular flexibility index (Phi) is 4.34. The summed E-state index contributed by atoms with van der Waals surface area (Å²) in [5, 5.41) is 3.26. The zero-order valence-electron chi connectivity index (χ0n) is 18.4. The van der Waals surface area contributed by atoms with E-state index in [0.29, 0.717) is 41.5 Å². The molecule has 168 valence electrons. The Balaban J connectivity index is 1.44. The molecule has 5 aliphatic rings. The summed E-state index contributed by atoms with van der Waals surface area (Å²) in [7, 11) is 3.86. The Morgan fingerprint density at radius 3 is 2.84 bits per heavy atom. The van der Waals surface area contributed by atoms with Gasteiger partial charge in [-0.15, -0.1) is 0 Å². The van der Waals surface area contributed by atoms with E-state index in [1.165, 1.54) is 24.7 Å². The molecule has 0 saturated heterocycles. The van der Waals surface area contributed by atoms with Crippen LogP contribution in [0.1, 0.15) is 37.3 Å². The fraction of sp³-hybridized carbons (Fsp3) is 0.522. The number of H-pyrrole nitrogens is 1. The van der Waals surface area contributed by atoms with Gasteiger partial charge in [0.15, 0.2) is 11.6 Å². The number of anilines is 2. The second-order valence-corrected chi connectivity index (χ2v) is 9.67. The Labute approximate surface area is 187 Å². The standard InChI is InChI=1S/C23H29N7O2/c1-30-18-11-32-20-10-26-22(29-21(20)30)28-14(8-24)3-19(31-2)16-7-23(4-13(18)5-23)6-15(16)17-9-25-12-27-17/h3,8-10,12-13,15-16,18H,4-7,11,24H2,1-2H3,(H,25,27)(H,26,28,29)/b14-8+,19-3+/t13?,15?,16?,18-,23?/m1/s1. The lowest BCUT2D eigenvalue weighted by Gasteiger charge is -2.52. The highest BCUT2D eigenvalue weighted by atomic mass is 16.5. The van der Waals surface area contributed by atoms with Crippen molar-refractivity contribution in [2.75, 3.05) is 31.0 Å². The lowest BCUT2D eigenvalue weighted by molar-refractivity contribution is 0.0237. The number of nitrogens with two attached hydrogens (primary N) is 1. The third-order valence-corrected chi connectivity index (χ3v) is 7.96. The summed E-state index contributed by atoms with van der Waals surface area (Å²) in [4.78, 5) is 19.1. The normalized spacial score (nSPS) is 35.9. The van der Waals surface area contributed by atoms with E-state index >= 15 is 0 Å². The maximum atomic E-state index is 6.07. The number of imidazole rings is 1. The van der Waals surface area contributed by atoms with Crippen LogP contribution in [-0.4, -0.2) is 46.7 Å². The molecule has 2 aromatic rings. The molecule has 3 atom stereocenters. The van der Waals surface area contributed by atoms with Gasteiger partial charge in [0, 0.05) is 43.1 Å². The fourth-order valence-electron chi connectivity index (χ4n) is 6.45. The molecule has 7 rings (SSSR count). The first-order chi connectivity index (χ1) is 15.6. The molecule has 2 saturated carbocycles. The first kappa shape index (κ1) is 19.5. The Bertz CT molecular complexity index is 1070. The molecule has 32 heavy (non-hydrogen) atoms. The predicted molar refractivity (Wildman–Crippen MR) is 120 cm³/mol. The van der Waals surface area contributed by atoms with Crippen molar-refractivity contribution in [1.82, 2.24) is 19.9 Å². The number of aromatic amines is 1. The van der Waals surface area contributed by atoms with Gasteiger partial charge in [-0.05, 0) is 37.0 Å². The minimum absolute atomic E-state index is 0.250. The second kappa shape index (κ2) is 7.15. The van der Waals surface area contributed by atoms with Gasteiger partial charge < -0.3 is 30.4 Å². The van der Waals surface area contributed by atoms with Crippen molar-refractivity contribution < 1.29 is 9.47 Å². The molecule has 9 heteroatoms. The largest absolute Gasteiger partial charge is 0.501 e. The van der Waals surface area contributed by atoms with E-state index in [2.05, 4.69) is 32.2 Å². The molecule has 0 amide bonds. The quantitative estimate of drug-likeness (QED) is 0.660. The number of likely N-dealkylation sites (N-methyl/N-ethyl adjacent to an activating group) is 1. The minimum Gasteiger partial charge on any atom is -0.501 e. The first-order valence-electron chi connectivity index (χ1n) is 11.2. The molecule has 6 bridgehead atoms. The Morgan fingerprint density at radius 2 is 2.09 bits per heavy atom. The highest BCUT2D eigenvalue weighted by Crippen LogP contribution is 2.64. The summed E-state index contributed by atoms with van der Waals surface area (Å²) < 4.78 is 12.0. The van der Waals surface area contributed by atoms with Crippen LogP contribution < -0.4 is 20.7 Å². The summed E-state index contributed by atoms with van der Waals surface area (Å²) in [5.74, 6) is 4.12. The average Bonchev–Trinajstić information content (AvgIpc) is 3.44. The number of nitrogens with one attached hydrogen (secondary N) is 2. The molecular formula is C23H29N7O2. The average molecular weight is 436 g/mol. The van der Waals surface area contributed by atoms with E-state index in [9.17, 15) is 0 Å². The van der Waals surface area contributed by atoms with Gasteiger partial charge in [-0.25, -0.2) is 9.97 Å². The van der Waals surface area contributed by atoms with E-state index in [-0.39, 0.29) is 5.92 Å². The van der Waals surface area contributed by atoms with Crippen molar-refractivity contribution in [2.45, 2.75) is 37.6 Å². The number of hydrogen-bond acceptors (Lipinski definition) is 8. The van der Waals surface area contributed by atoms with Crippen LogP contribution in [0.4, 0.5) is 11.8 Å². The zero-order chi connectivity index (χ0) is 21.9. The lowest BCUT2D eigenvalue weighted by Crippen LogP contribution is -2.53. The maximum Gasteiger partial charge on any atom is 0.229 e. The molecule has 2 unspecified atom stereocenters. The molecule has 0 aromatic carbocycles. The molecule has 4 N–H and O–H groups in total. The molecule has 0 radical (unpaired) electrons. The van der Waals surface area contributed by atoms with Crippen LogP contribution in [-0.2, 0) is 4.74 Å². The highest BCUT2D eigenvalue weighted by molar-refractivity contribution is 5.57. The molecular weight excluding hydrogens is 406 g/mol. The topological polar surface area (TPSA) is 114 Å². The van der Waals surface area contributed by atoms with Gasteiger partial charge in [0.2, 0.25) is 5.95 Å². The van der Waals surface area contributed by atoms with Gasteiger partial charge in [-0.1, -0.05) is 0 Å². The number of hydrogen-bond donors (Lipinski definition) is 3. The predicted octanol–water partition coefficient (Wildman–Crippen LogP) is 2.74. The van der Waals surface area contributed by atoms with Crippen molar-refractivity contribution in [3.05, 3.63) is 48.1 Å². The van der Waals surface area contributed by atoms with Crippen LogP contribution in [0.5, 0.6) is 5.75 Å². The van der Waals surface area contributed by atoms with Crippen molar-refractivity contribution >= 4 is 11.8 Å². The smallest absolute Gasteiger partial charge is 0.229 e. The summed E-state index contributed by atoms with van der Waals surface area (Å²) in [6.07, 6.45) is 13.6. The molecule has 2 aromatic heterocycles. The summed E-state index contributed by atoms with van der Waals surface area (Å²) in [6, 6.07) is 0.311. The maximum absolute atomic E-state index is 6.07. The van der Waals surface area contributed by atoms with Crippen LogP contribution in [0.15, 0.2) is 42.5 Å². The van der Waals surface area contributed by atoms with Crippen molar-refractivity contribution in [1.29, 1.82) is 0 Å². The number of aromatic nitrogens is 4. The van der Waals surface area contributed by atoms with Gasteiger partial charge in [0.05, 0.1) is 31.4 Å². The molecule has 9 nitrogen and oxygen atoms in total. The van der Waals surface area contributed by atoms with E-state index in [1.54, 1.807) is 19.6 Å². The van der Waals surface area contributed by atoms with Gasteiger partial charge in [-0.2, -0.15) is 4.98 Å². The minimum atomic E-state index is 0.250.